The summed E-state index contributed by atoms with van der Waals surface area (Å²) in [6.45, 7) is 7.45. The van der Waals surface area contributed by atoms with Crippen LogP contribution in [0.3, 0.4) is 0 Å². The number of nitrogens with zero attached hydrogens (tertiary/aromatic N) is 2. The van der Waals surface area contributed by atoms with Gasteiger partial charge >= 0.3 is 0 Å². The van der Waals surface area contributed by atoms with E-state index in [0.29, 0.717) is 44.0 Å². The summed E-state index contributed by atoms with van der Waals surface area (Å²) in [5.74, 6) is 0.0170. The molecule has 3 amide bonds. The van der Waals surface area contributed by atoms with Crippen LogP contribution in [0, 0.1) is 12.8 Å². The molecule has 0 aromatic heterocycles. The largest absolute Gasteiger partial charge is 0.354 e. The van der Waals surface area contributed by atoms with Gasteiger partial charge in [0.15, 0.2) is 0 Å². The van der Waals surface area contributed by atoms with E-state index in [2.05, 4.69) is 19.2 Å². The fraction of sp³-hybridized carbons (Fsp3) is 0.306. The molecule has 0 saturated heterocycles. The fourth-order valence-electron chi connectivity index (χ4n) is 5.60. The zero-order valence-electron chi connectivity index (χ0n) is 24.7. The molecule has 216 valence electrons. The molecule has 4 aromatic carbocycles. The van der Waals surface area contributed by atoms with Gasteiger partial charge in [-0.15, -0.1) is 0 Å². The van der Waals surface area contributed by atoms with Crippen molar-refractivity contribution < 1.29 is 14.4 Å². The van der Waals surface area contributed by atoms with Crippen molar-refractivity contribution in [3.63, 3.8) is 0 Å². The van der Waals surface area contributed by atoms with E-state index in [1.165, 1.54) is 0 Å². The van der Waals surface area contributed by atoms with Gasteiger partial charge in [-0.05, 0) is 47.9 Å². The zero-order valence-corrected chi connectivity index (χ0v) is 24.7. The van der Waals surface area contributed by atoms with Crippen molar-refractivity contribution in [2.45, 2.75) is 52.6 Å². The Morgan fingerprint density at radius 2 is 1.57 bits per heavy atom. The van der Waals surface area contributed by atoms with Gasteiger partial charge in [0.25, 0.3) is 5.91 Å². The molecule has 0 fully saturated rings. The van der Waals surface area contributed by atoms with Gasteiger partial charge in [0, 0.05) is 43.4 Å². The van der Waals surface area contributed by atoms with Crippen LogP contribution in [0.25, 0.3) is 10.8 Å². The number of nitrogens with one attached hydrogen (secondary N) is 1. The minimum Gasteiger partial charge on any atom is -0.354 e. The number of anilines is 1. The highest BCUT2D eigenvalue weighted by Gasteiger charge is 2.32. The van der Waals surface area contributed by atoms with Crippen LogP contribution in [0.1, 0.15) is 53.7 Å². The maximum absolute atomic E-state index is 14.0. The van der Waals surface area contributed by atoms with Crippen molar-refractivity contribution >= 4 is 34.2 Å². The van der Waals surface area contributed by atoms with Crippen molar-refractivity contribution in [3.05, 3.63) is 113 Å². The third-order valence-electron chi connectivity index (χ3n) is 7.85. The van der Waals surface area contributed by atoms with Gasteiger partial charge in [-0.3, -0.25) is 14.4 Å². The Labute approximate surface area is 248 Å². The lowest BCUT2D eigenvalue weighted by molar-refractivity contribution is -0.141. The second-order valence-corrected chi connectivity index (χ2v) is 11.6. The lowest BCUT2D eigenvalue weighted by Crippen LogP contribution is -2.51. The second-order valence-electron chi connectivity index (χ2n) is 11.6. The number of hydrogen-bond acceptors (Lipinski definition) is 3. The number of benzene rings is 4. The van der Waals surface area contributed by atoms with Gasteiger partial charge in [0.05, 0.1) is 5.69 Å². The Kier molecular flexibility index (Phi) is 9.01. The highest BCUT2D eigenvalue weighted by molar-refractivity contribution is 6.25. The topological polar surface area (TPSA) is 69.7 Å². The lowest BCUT2D eigenvalue weighted by Gasteiger charge is -2.32. The minimum absolute atomic E-state index is 0.0271. The molecule has 0 bridgehead atoms. The van der Waals surface area contributed by atoms with Crippen LogP contribution in [-0.4, -0.2) is 41.8 Å². The predicted octanol–water partition coefficient (Wildman–Crippen LogP) is 6.30. The summed E-state index contributed by atoms with van der Waals surface area (Å²) in [7, 11) is 0. The minimum atomic E-state index is -0.661. The second kappa shape index (κ2) is 13.0. The summed E-state index contributed by atoms with van der Waals surface area (Å²) >= 11 is 0. The van der Waals surface area contributed by atoms with Gasteiger partial charge in [0.1, 0.15) is 6.04 Å². The maximum atomic E-state index is 14.0. The first-order chi connectivity index (χ1) is 20.3. The molecule has 0 spiro atoms. The Balaban J connectivity index is 1.37. The molecule has 0 radical (unpaired) electrons. The predicted molar refractivity (Wildman–Crippen MR) is 168 cm³/mol. The van der Waals surface area contributed by atoms with Crippen LogP contribution in [0.15, 0.2) is 91.0 Å². The van der Waals surface area contributed by atoms with Crippen LogP contribution in [0.5, 0.6) is 0 Å². The summed E-state index contributed by atoms with van der Waals surface area (Å²) < 4.78 is 0. The average molecular weight is 562 g/mol. The molecule has 5 rings (SSSR count). The first kappa shape index (κ1) is 29.1. The number of rotatable bonds is 12. The van der Waals surface area contributed by atoms with Gasteiger partial charge in [0.2, 0.25) is 11.8 Å². The first-order valence-corrected chi connectivity index (χ1v) is 14.8. The van der Waals surface area contributed by atoms with Crippen molar-refractivity contribution in [1.29, 1.82) is 0 Å². The number of amides is 3. The summed E-state index contributed by atoms with van der Waals surface area (Å²) in [6, 6.07) is 29.0. The van der Waals surface area contributed by atoms with Crippen LogP contribution in [0.4, 0.5) is 5.69 Å². The van der Waals surface area contributed by atoms with Crippen molar-refractivity contribution in [2.24, 2.45) is 5.92 Å². The highest BCUT2D eigenvalue weighted by atomic mass is 16.2. The first-order valence-electron chi connectivity index (χ1n) is 14.8. The van der Waals surface area contributed by atoms with E-state index < -0.39 is 6.04 Å². The van der Waals surface area contributed by atoms with E-state index in [1.54, 1.807) is 9.80 Å². The lowest BCUT2D eigenvalue weighted by atomic mass is 10.0. The molecule has 1 heterocycles. The van der Waals surface area contributed by atoms with E-state index in [9.17, 15) is 14.4 Å². The quantitative estimate of drug-likeness (QED) is 0.221. The van der Waals surface area contributed by atoms with Crippen molar-refractivity contribution in [1.82, 2.24) is 10.2 Å². The SMILES string of the molecule is Cc1ccc(CN(C(=O)CCCN2C(=O)c3cccc4cccc2c34)[C@@H](Cc2ccccc2)C(=O)NCC(C)C)cc1. The molecule has 42 heavy (non-hydrogen) atoms. The van der Waals surface area contributed by atoms with Crippen LogP contribution in [0.2, 0.25) is 0 Å². The van der Waals surface area contributed by atoms with E-state index >= 15 is 0 Å². The summed E-state index contributed by atoms with van der Waals surface area (Å²) in [5, 5.41) is 5.09. The molecule has 6 heteroatoms. The van der Waals surface area contributed by atoms with Gasteiger partial charge in [-0.25, -0.2) is 0 Å². The summed E-state index contributed by atoms with van der Waals surface area (Å²) in [6.07, 6.45) is 1.14. The number of aryl methyl sites for hydroxylation is 1. The van der Waals surface area contributed by atoms with Gasteiger partial charge < -0.3 is 15.1 Å². The summed E-state index contributed by atoms with van der Waals surface area (Å²) in [5.41, 5.74) is 4.71. The van der Waals surface area contributed by atoms with Crippen molar-refractivity contribution in [2.75, 3.05) is 18.0 Å². The third-order valence-corrected chi connectivity index (χ3v) is 7.85. The average Bonchev–Trinajstić information content (AvgIpc) is 3.27. The molecule has 0 saturated carbocycles. The van der Waals surface area contributed by atoms with Gasteiger partial charge in [-0.2, -0.15) is 0 Å². The van der Waals surface area contributed by atoms with Crippen molar-refractivity contribution in [3.8, 4) is 0 Å². The van der Waals surface area contributed by atoms with Gasteiger partial charge in [-0.1, -0.05) is 98.3 Å². The normalized spacial score (nSPS) is 13.0. The molecule has 6 nitrogen and oxygen atoms in total. The standard InChI is InChI=1S/C36H39N3O3/c1-25(2)23-37-35(41)32(22-27-10-5-4-6-11-27)39(24-28-19-17-26(3)18-20-28)33(40)16-9-21-38-31-15-8-13-29-12-7-14-30(34(29)31)36(38)42/h4-8,10-15,17-20,25,32H,9,16,21-24H2,1-3H3,(H,37,41)/t32-/m0/s1. The molecular formula is C36H39N3O3. The molecular weight excluding hydrogens is 522 g/mol. The van der Waals surface area contributed by atoms with Crippen LogP contribution in [-0.2, 0) is 22.6 Å². The van der Waals surface area contributed by atoms with E-state index in [-0.39, 0.29) is 24.1 Å². The van der Waals surface area contributed by atoms with Crippen LogP contribution < -0.4 is 10.2 Å². The van der Waals surface area contributed by atoms with E-state index in [4.69, 9.17) is 0 Å². The zero-order chi connectivity index (χ0) is 29.6. The molecule has 1 aliphatic heterocycles. The highest BCUT2D eigenvalue weighted by Crippen LogP contribution is 2.37. The van der Waals surface area contributed by atoms with E-state index in [0.717, 1.165) is 33.2 Å². The Bertz CT molecular complexity index is 1560. The number of carbonyl (C=O) groups excluding carboxylic acids is 3. The Morgan fingerprint density at radius 3 is 2.29 bits per heavy atom. The smallest absolute Gasteiger partial charge is 0.258 e. The molecule has 1 aliphatic rings. The third kappa shape index (κ3) is 6.54. The Morgan fingerprint density at radius 1 is 0.857 bits per heavy atom. The monoisotopic (exact) mass is 561 g/mol. The fourth-order valence-corrected chi connectivity index (χ4v) is 5.60. The molecule has 0 aliphatic carbocycles. The molecule has 1 atom stereocenters. The van der Waals surface area contributed by atoms with E-state index in [1.807, 2.05) is 97.9 Å². The molecule has 0 unspecified atom stereocenters. The molecule has 4 aromatic rings. The number of carbonyl (C=O) groups is 3. The Hall–Kier alpha value is -4.45. The maximum Gasteiger partial charge on any atom is 0.258 e. The van der Waals surface area contributed by atoms with Crippen LogP contribution >= 0.6 is 0 Å². The number of hydrogen-bond donors (Lipinski definition) is 1. The molecule has 1 N–H and O–H groups in total. The summed E-state index contributed by atoms with van der Waals surface area (Å²) in [4.78, 5) is 44.4.